The van der Waals surface area contributed by atoms with Gasteiger partial charge < -0.3 is 4.57 Å². The Morgan fingerprint density at radius 3 is 2.59 bits per heavy atom. The van der Waals surface area contributed by atoms with E-state index in [1.165, 1.54) is 35.0 Å². The summed E-state index contributed by atoms with van der Waals surface area (Å²) in [5.74, 6) is 0. The quantitative estimate of drug-likeness (QED) is 0.804. The zero-order valence-electron chi connectivity index (χ0n) is 11.5. The van der Waals surface area contributed by atoms with Crippen molar-refractivity contribution in [3.05, 3.63) is 63.0 Å². The molecule has 22 heavy (non-hydrogen) atoms. The van der Waals surface area contributed by atoms with Crippen LogP contribution in [0.15, 0.2) is 52.3 Å². The van der Waals surface area contributed by atoms with E-state index >= 15 is 0 Å². The molecule has 0 unspecified atom stereocenters. The van der Waals surface area contributed by atoms with Gasteiger partial charge in [-0.2, -0.15) is 0 Å². The van der Waals surface area contributed by atoms with Gasteiger partial charge in [-0.3, -0.25) is 4.79 Å². The van der Waals surface area contributed by atoms with Gasteiger partial charge in [0.2, 0.25) is 10.0 Å². The molecule has 0 radical (unpaired) electrons. The van der Waals surface area contributed by atoms with E-state index in [1.54, 1.807) is 12.1 Å². The van der Waals surface area contributed by atoms with Gasteiger partial charge in [0, 0.05) is 30.4 Å². The summed E-state index contributed by atoms with van der Waals surface area (Å²) in [4.78, 5) is 11.7. The lowest BCUT2D eigenvalue weighted by atomic mass is 10.4. The monoisotopic (exact) mass is 360 g/mol. The fourth-order valence-corrected chi connectivity index (χ4v) is 3.41. The normalized spacial score (nSPS) is 11.5. The van der Waals surface area contributed by atoms with Crippen LogP contribution in [0.3, 0.4) is 0 Å². The molecule has 0 aliphatic rings. The van der Waals surface area contributed by atoms with Crippen molar-refractivity contribution in [1.82, 2.24) is 9.29 Å². The molecule has 1 aromatic heterocycles. The molecule has 2 rings (SSSR count). The first-order chi connectivity index (χ1) is 10.4. The number of hydrogen-bond acceptors (Lipinski definition) is 3. The van der Waals surface area contributed by atoms with Gasteiger partial charge in [0.25, 0.3) is 5.56 Å². The minimum atomic E-state index is -3.60. The first kappa shape index (κ1) is 17.0. The Balaban J connectivity index is 1.93. The lowest BCUT2D eigenvalue weighted by Crippen LogP contribution is -2.27. The van der Waals surface area contributed by atoms with Crippen molar-refractivity contribution in [3.8, 4) is 0 Å². The molecular formula is C14H14Cl2N2O3S. The molecule has 8 heteroatoms. The van der Waals surface area contributed by atoms with E-state index in [-0.39, 0.29) is 17.0 Å². The number of nitrogens with zero attached hydrogens (tertiary/aromatic N) is 1. The van der Waals surface area contributed by atoms with Gasteiger partial charge >= 0.3 is 0 Å². The first-order valence-corrected chi connectivity index (χ1v) is 8.74. The highest BCUT2D eigenvalue weighted by Crippen LogP contribution is 2.15. The number of hydrogen-bond donors (Lipinski definition) is 1. The van der Waals surface area contributed by atoms with Crippen LogP contribution in [-0.4, -0.2) is 19.5 Å². The zero-order valence-corrected chi connectivity index (χ0v) is 13.8. The van der Waals surface area contributed by atoms with Crippen molar-refractivity contribution < 1.29 is 8.42 Å². The number of benzene rings is 1. The molecule has 118 valence electrons. The van der Waals surface area contributed by atoms with E-state index in [0.29, 0.717) is 23.0 Å². The van der Waals surface area contributed by atoms with E-state index < -0.39 is 10.0 Å². The number of rotatable bonds is 6. The number of halogens is 2. The van der Waals surface area contributed by atoms with Crippen LogP contribution < -0.4 is 10.3 Å². The smallest absolute Gasteiger partial charge is 0.250 e. The Kier molecular flexibility index (Phi) is 5.63. The second-order valence-electron chi connectivity index (χ2n) is 4.59. The van der Waals surface area contributed by atoms with Crippen LogP contribution in [0.5, 0.6) is 0 Å². The molecule has 0 saturated heterocycles. The standard InChI is InChI=1S/C14H14Cl2N2O3S/c15-11-3-1-4-13(9-11)22(20,21)17-7-2-8-18-10-12(16)5-6-14(18)19/h1,3-6,9-10,17H,2,7-8H2. The maximum absolute atomic E-state index is 12.1. The van der Waals surface area contributed by atoms with Crippen LogP contribution in [0.2, 0.25) is 10.0 Å². The van der Waals surface area contributed by atoms with Gasteiger partial charge in [0.15, 0.2) is 0 Å². The minimum absolute atomic E-state index is 0.111. The van der Waals surface area contributed by atoms with E-state index in [1.807, 2.05) is 0 Å². The maximum atomic E-state index is 12.1. The Hall–Kier alpha value is -1.34. The Labute approximate surface area is 138 Å². The number of aryl methyl sites for hydroxylation is 1. The summed E-state index contributed by atoms with van der Waals surface area (Å²) in [7, 11) is -3.60. The predicted octanol–water partition coefficient (Wildman–Crippen LogP) is 2.52. The summed E-state index contributed by atoms with van der Waals surface area (Å²) in [5.41, 5.74) is -0.179. The van der Waals surface area contributed by atoms with Crippen molar-refractivity contribution in [1.29, 1.82) is 0 Å². The molecule has 1 aromatic carbocycles. The molecule has 1 heterocycles. The molecule has 2 aromatic rings. The van der Waals surface area contributed by atoms with E-state index in [4.69, 9.17) is 23.2 Å². The first-order valence-electron chi connectivity index (χ1n) is 6.50. The number of nitrogens with one attached hydrogen (secondary N) is 1. The highest BCUT2D eigenvalue weighted by atomic mass is 35.5. The fraction of sp³-hybridized carbons (Fsp3) is 0.214. The van der Waals surface area contributed by atoms with Crippen LogP contribution >= 0.6 is 23.2 Å². The lowest BCUT2D eigenvalue weighted by Gasteiger charge is -2.08. The Bertz CT molecular complexity index is 819. The highest BCUT2D eigenvalue weighted by molar-refractivity contribution is 7.89. The molecule has 0 amide bonds. The van der Waals surface area contributed by atoms with Gasteiger partial charge in [0.1, 0.15) is 0 Å². The number of aromatic nitrogens is 1. The van der Waals surface area contributed by atoms with Crippen LogP contribution in [0.4, 0.5) is 0 Å². The highest BCUT2D eigenvalue weighted by Gasteiger charge is 2.13. The third-order valence-electron chi connectivity index (χ3n) is 2.92. The molecule has 0 aliphatic heterocycles. The second-order valence-corrected chi connectivity index (χ2v) is 7.23. The molecule has 5 nitrogen and oxygen atoms in total. The third kappa shape index (κ3) is 4.58. The summed E-state index contributed by atoms with van der Waals surface area (Å²) in [6.45, 7) is 0.575. The van der Waals surface area contributed by atoms with E-state index in [9.17, 15) is 13.2 Å². The summed E-state index contributed by atoms with van der Waals surface area (Å²) >= 11 is 11.6. The van der Waals surface area contributed by atoms with Gasteiger partial charge in [-0.1, -0.05) is 29.3 Å². The predicted molar refractivity (Wildman–Crippen MR) is 87.0 cm³/mol. The lowest BCUT2D eigenvalue weighted by molar-refractivity contribution is 0.567. The minimum Gasteiger partial charge on any atom is -0.314 e. The molecule has 0 bridgehead atoms. The molecule has 1 N–H and O–H groups in total. The molecule has 0 saturated carbocycles. The van der Waals surface area contributed by atoms with Crippen molar-refractivity contribution in [3.63, 3.8) is 0 Å². The van der Waals surface area contributed by atoms with E-state index in [0.717, 1.165) is 0 Å². The van der Waals surface area contributed by atoms with Crippen LogP contribution in [0.1, 0.15) is 6.42 Å². The summed E-state index contributed by atoms with van der Waals surface area (Å²) in [6, 6.07) is 8.91. The van der Waals surface area contributed by atoms with Crippen molar-refractivity contribution >= 4 is 33.2 Å². The average molecular weight is 361 g/mol. The Morgan fingerprint density at radius 2 is 1.86 bits per heavy atom. The largest absolute Gasteiger partial charge is 0.314 e. The van der Waals surface area contributed by atoms with Crippen molar-refractivity contribution in [2.45, 2.75) is 17.9 Å². The van der Waals surface area contributed by atoms with Gasteiger partial charge in [-0.05, 0) is 30.7 Å². The van der Waals surface area contributed by atoms with Crippen LogP contribution in [-0.2, 0) is 16.6 Å². The molecule has 0 spiro atoms. The van der Waals surface area contributed by atoms with E-state index in [2.05, 4.69) is 4.72 Å². The Morgan fingerprint density at radius 1 is 1.09 bits per heavy atom. The SMILES string of the molecule is O=c1ccc(Cl)cn1CCCNS(=O)(=O)c1cccc(Cl)c1. The molecule has 0 aliphatic carbocycles. The summed E-state index contributed by atoms with van der Waals surface area (Å²) in [5, 5.41) is 0.812. The van der Waals surface area contributed by atoms with Crippen molar-refractivity contribution in [2.75, 3.05) is 6.54 Å². The second kappa shape index (κ2) is 7.28. The summed E-state index contributed by atoms with van der Waals surface area (Å²) < 4.78 is 28.0. The van der Waals surface area contributed by atoms with Crippen molar-refractivity contribution in [2.24, 2.45) is 0 Å². The molecule has 0 atom stereocenters. The van der Waals surface area contributed by atoms with Crippen LogP contribution in [0.25, 0.3) is 0 Å². The molecule has 0 fully saturated rings. The maximum Gasteiger partial charge on any atom is 0.250 e. The molecular weight excluding hydrogens is 347 g/mol. The average Bonchev–Trinajstić information content (AvgIpc) is 2.47. The number of pyridine rings is 1. The van der Waals surface area contributed by atoms with Gasteiger partial charge in [-0.25, -0.2) is 13.1 Å². The number of sulfonamides is 1. The third-order valence-corrected chi connectivity index (χ3v) is 4.84. The summed E-state index contributed by atoms with van der Waals surface area (Å²) in [6.07, 6.45) is 1.98. The van der Waals surface area contributed by atoms with Crippen LogP contribution in [0, 0.1) is 0 Å². The van der Waals surface area contributed by atoms with Gasteiger partial charge in [0.05, 0.1) is 9.92 Å². The topological polar surface area (TPSA) is 68.2 Å². The van der Waals surface area contributed by atoms with Gasteiger partial charge in [-0.15, -0.1) is 0 Å². The fourth-order valence-electron chi connectivity index (χ4n) is 1.85. The zero-order chi connectivity index (χ0) is 16.2.